The first-order valence-electron chi connectivity index (χ1n) is 14.5. The molecule has 0 unspecified atom stereocenters. The zero-order valence-electron chi connectivity index (χ0n) is 23.0. The van der Waals surface area contributed by atoms with Crippen molar-refractivity contribution >= 4 is 28.3 Å². The van der Waals surface area contributed by atoms with E-state index in [1.54, 1.807) is 0 Å². The molecule has 1 saturated carbocycles. The number of carbonyl (C=O) groups is 2. The van der Waals surface area contributed by atoms with E-state index >= 15 is 0 Å². The van der Waals surface area contributed by atoms with Gasteiger partial charge in [-0.2, -0.15) is 0 Å². The number of nitrogens with one attached hydrogen (secondary N) is 1. The summed E-state index contributed by atoms with van der Waals surface area (Å²) in [5.41, 5.74) is 2.29. The number of anilines is 1. The summed E-state index contributed by atoms with van der Waals surface area (Å²) in [6.45, 7) is 4.36. The Bertz CT molecular complexity index is 1170. The molecule has 2 aromatic carbocycles. The van der Waals surface area contributed by atoms with Crippen LogP contribution in [0.3, 0.4) is 0 Å². The molecule has 0 bridgehead atoms. The molecule has 212 valence electrons. The largest absolute Gasteiger partial charge is 0.367 e. The van der Waals surface area contributed by atoms with Crippen LogP contribution in [0.5, 0.6) is 0 Å². The van der Waals surface area contributed by atoms with Gasteiger partial charge in [0, 0.05) is 51.5 Å². The molecule has 2 heterocycles. The summed E-state index contributed by atoms with van der Waals surface area (Å²) in [5, 5.41) is 12.8. The third-order valence-electron chi connectivity index (χ3n) is 7.83. The molecule has 1 aliphatic carbocycles. The van der Waals surface area contributed by atoms with E-state index in [0.717, 1.165) is 48.6 Å². The number of hydrogen-bond donors (Lipinski definition) is 1. The second-order valence-electron chi connectivity index (χ2n) is 10.6. The number of benzene rings is 2. The van der Waals surface area contributed by atoms with E-state index in [-0.39, 0.29) is 30.8 Å². The maximum Gasteiger partial charge on any atom is 0.226 e. The fourth-order valence-electron chi connectivity index (χ4n) is 5.52. The van der Waals surface area contributed by atoms with E-state index in [1.807, 2.05) is 41.3 Å². The van der Waals surface area contributed by atoms with Crippen molar-refractivity contribution in [3.63, 3.8) is 0 Å². The lowest BCUT2D eigenvalue weighted by molar-refractivity contribution is -0.134. The van der Waals surface area contributed by atoms with Gasteiger partial charge in [0.25, 0.3) is 0 Å². The maximum absolute atomic E-state index is 12.8. The molecule has 2 amide bonds. The van der Waals surface area contributed by atoms with Gasteiger partial charge in [-0.25, -0.2) is 0 Å². The van der Waals surface area contributed by atoms with Gasteiger partial charge < -0.3 is 15.0 Å². The Balaban J connectivity index is 1.01. The summed E-state index contributed by atoms with van der Waals surface area (Å²) in [6.07, 6.45) is 6.33. The van der Waals surface area contributed by atoms with Crippen molar-refractivity contribution in [3.8, 4) is 0 Å². The number of carbonyl (C=O) groups excluding carboxylic acids is 2. The van der Waals surface area contributed by atoms with E-state index in [4.69, 9.17) is 4.74 Å². The number of ether oxygens (including phenoxy) is 1. The van der Waals surface area contributed by atoms with Crippen LogP contribution in [-0.2, 0) is 14.3 Å². The van der Waals surface area contributed by atoms with Crippen molar-refractivity contribution in [3.05, 3.63) is 76.8 Å². The van der Waals surface area contributed by atoms with Crippen LogP contribution in [0.15, 0.2) is 60.7 Å². The fraction of sp³-hybridized carbons (Fsp3) is 0.484. The number of aromatic nitrogens is 2. The Morgan fingerprint density at radius 1 is 0.875 bits per heavy atom. The summed E-state index contributed by atoms with van der Waals surface area (Å²) in [6, 6.07) is 20.6. The number of rotatable bonds is 11. The van der Waals surface area contributed by atoms with Gasteiger partial charge in [-0.15, -0.1) is 10.2 Å². The predicted molar refractivity (Wildman–Crippen MR) is 157 cm³/mol. The lowest BCUT2D eigenvalue weighted by Crippen LogP contribution is -2.49. The topological polar surface area (TPSA) is 87.7 Å². The first kappa shape index (κ1) is 28.4. The number of hydrogen-bond acceptors (Lipinski definition) is 7. The molecule has 8 nitrogen and oxygen atoms in total. The van der Waals surface area contributed by atoms with Crippen LogP contribution in [0.4, 0.5) is 5.13 Å². The molecular formula is C31H39N5O3S. The molecule has 0 atom stereocenters. The Kier molecular flexibility index (Phi) is 10.3. The summed E-state index contributed by atoms with van der Waals surface area (Å²) in [7, 11) is 0. The smallest absolute Gasteiger partial charge is 0.226 e. The minimum atomic E-state index is -0.179. The average Bonchev–Trinajstić information content (AvgIpc) is 3.48. The second kappa shape index (κ2) is 14.5. The van der Waals surface area contributed by atoms with Crippen LogP contribution in [-0.4, -0.2) is 71.1 Å². The lowest BCUT2D eigenvalue weighted by atomic mass is 9.90. The Morgan fingerprint density at radius 3 is 2.17 bits per heavy atom. The highest BCUT2D eigenvalue weighted by Crippen LogP contribution is 2.35. The van der Waals surface area contributed by atoms with Gasteiger partial charge in [-0.1, -0.05) is 91.3 Å². The van der Waals surface area contributed by atoms with Gasteiger partial charge in [0.2, 0.25) is 16.9 Å². The van der Waals surface area contributed by atoms with Crippen molar-refractivity contribution < 1.29 is 14.3 Å². The molecule has 9 heteroatoms. The molecule has 2 aliphatic rings. The van der Waals surface area contributed by atoms with Gasteiger partial charge >= 0.3 is 0 Å². The highest BCUT2D eigenvalue weighted by atomic mass is 32.1. The molecule has 5 rings (SSSR count). The van der Waals surface area contributed by atoms with Gasteiger partial charge in [0.15, 0.2) is 0 Å². The highest BCUT2D eigenvalue weighted by Gasteiger charge is 2.23. The molecule has 0 radical (unpaired) electrons. The summed E-state index contributed by atoms with van der Waals surface area (Å²) < 4.78 is 6.37. The molecule has 1 aliphatic heterocycles. The zero-order chi connectivity index (χ0) is 27.6. The summed E-state index contributed by atoms with van der Waals surface area (Å²) in [4.78, 5) is 29.4. The Morgan fingerprint density at radius 2 is 1.52 bits per heavy atom. The normalized spacial score (nSPS) is 16.8. The van der Waals surface area contributed by atoms with E-state index in [0.29, 0.717) is 30.7 Å². The average molecular weight is 562 g/mol. The van der Waals surface area contributed by atoms with Gasteiger partial charge in [0.05, 0.1) is 6.61 Å². The van der Waals surface area contributed by atoms with Crippen LogP contribution >= 0.6 is 11.3 Å². The monoisotopic (exact) mass is 561 g/mol. The lowest BCUT2D eigenvalue weighted by Gasteiger charge is -2.35. The van der Waals surface area contributed by atoms with E-state index < -0.39 is 0 Å². The third kappa shape index (κ3) is 7.96. The highest BCUT2D eigenvalue weighted by molar-refractivity contribution is 7.15. The first-order valence-corrected chi connectivity index (χ1v) is 15.3. The van der Waals surface area contributed by atoms with E-state index in [2.05, 4.69) is 44.7 Å². The van der Waals surface area contributed by atoms with Crippen LogP contribution in [0.2, 0.25) is 0 Å². The van der Waals surface area contributed by atoms with Gasteiger partial charge in [-0.05, 0) is 24.0 Å². The van der Waals surface area contributed by atoms with Crippen LogP contribution in [0, 0.1) is 0 Å². The van der Waals surface area contributed by atoms with Crippen molar-refractivity contribution in [1.82, 2.24) is 20.0 Å². The predicted octanol–water partition coefficient (Wildman–Crippen LogP) is 5.25. The van der Waals surface area contributed by atoms with Crippen molar-refractivity contribution in [2.75, 3.05) is 44.6 Å². The summed E-state index contributed by atoms with van der Waals surface area (Å²) in [5.74, 6) is 0.319. The van der Waals surface area contributed by atoms with Crippen molar-refractivity contribution in [2.45, 2.75) is 57.0 Å². The van der Waals surface area contributed by atoms with Gasteiger partial charge in [0.1, 0.15) is 11.1 Å². The standard InChI is InChI=1S/C31H39N5O3S/c37-27(32-31-34-33-30(40-31)26-14-8-3-9-15-26)16-17-28(38)36-20-18-35(19-21-36)22-23-39-29(24-10-4-1-5-11-24)25-12-6-2-7-13-25/h1-2,4-7,10-13,26,29H,3,8-9,14-23H2,(H,32,34,37). The number of amides is 2. The molecule has 1 saturated heterocycles. The molecule has 0 spiro atoms. The summed E-state index contributed by atoms with van der Waals surface area (Å²) >= 11 is 1.47. The second-order valence-corrected chi connectivity index (χ2v) is 11.6. The quantitative estimate of drug-likeness (QED) is 0.344. The minimum absolute atomic E-state index is 0.0272. The molecule has 3 aromatic rings. The molecule has 40 heavy (non-hydrogen) atoms. The van der Waals surface area contributed by atoms with Crippen LogP contribution in [0.25, 0.3) is 0 Å². The van der Waals surface area contributed by atoms with Crippen molar-refractivity contribution in [2.24, 2.45) is 0 Å². The van der Waals surface area contributed by atoms with Crippen molar-refractivity contribution in [1.29, 1.82) is 0 Å². The third-order valence-corrected chi connectivity index (χ3v) is 8.83. The van der Waals surface area contributed by atoms with E-state index in [9.17, 15) is 9.59 Å². The Labute approximate surface area is 240 Å². The molecule has 1 aromatic heterocycles. The minimum Gasteiger partial charge on any atom is -0.367 e. The Hall–Kier alpha value is -3.14. The number of piperazine rings is 1. The van der Waals surface area contributed by atoms with Crippen LogP contribution < -0.4 is 5.32 Å². The SMILES string of the molecule is O=C(CCC(=O)N1CCN(CCOC(c2ccccc2)c2ccccc2)CC1)Nc1nnc(C2CCCCC2)s1. The van der Waals surface area contributed by atoms with Crippen LogP contribution in [0.1, 0.15) is 73.1 Å². The molecular weight excluding hydrogens is 522 g/mol. The maximum atomic E-state index is 12.8. The first-order chi connectivity index (χ1) is 19.7. The zero-order valence-corrected chi connectivity index (χ0v) is 23.9. The van der Waals surface area contributed by atoms with Gasteiger partial charge in [-0.3, -0.25) is 14.5 Å². The van der Waals surface area contributed by atoms with E-state index in [1.165, 1.54) is 30.6 Å². The molecule has 2 fully saturated rings. The number of nitrogens with zero attached hydrogens (tertiary/aromatic N) is 4. The fourth-order valence-corrected chi connectivity index (χ4v) is 6.45. The molecule has 1 N–H and O–H groups in total.